The van der Waals surface area contributed by atoms with Crippen LogP contribution in [0.2, 0.25) is 0 Å². The Labute approximate surface area is 82.3 Å². The molecule has 1 heterocycles. The maximum atomic E-state index is 11.9. The summed E-state index contributed by atoms with van der Waals surface area (Å²) in [5.41, 5.74) is 0.181. The number of rotatable bonds is 3. The first-order chi connectivity index (χ1) is 6.00. The van der Waals surface area contributed by atoms with Gasteiger partial charge >= 0.3 is 7.12 Å². The van der Waals surface area contributed by atoms with Crippen LogP contribution in [0.1, 0.15) is 0 Å². The molecule has 1 aromatic heterocycles. The van der Waals surface area contributed by atoms with Crippen molar-refractivity contribution in [3.63, 3.8) is 0 Å². The normalized spacial score (nSPS) is 10.9. The minimum absolute atomic E-state index is 0.181. The molecular weight excluding hydrogens is 247 g/mol. The van der Waals surface area contributed by atoms with Crippen molar-refractivity contribution in [2.24, 2.45) is 0 Å². The number of hydrogen-bond acceptors (Lipinski definition) is 2. The molecule has 0 saturated heterocycles. The van der Waals surface area contributed by atoms with Gasteiger partial charge in [-0.2, -0.15) is 0 Å². The molecule has 1 rings (SSSR count). The smallest absolute Gasteiger partial charge is 0.423 e. The van der Waals surface area contributed by atoms with Gasteiger partial charge in [-0.05, 0) is 15.9 Å². The second-order valence-corrected chi connectivity index (χ2v) is 3.38. The first kappa shape index (κ1) is 10.7. The molecule has 0 saturated carbocycles. The molecule has 0 aliphatic carbocycles. The van der Waals surface area contributed by atoms with E-state index in [2.05, 4.69) is 15.9 Å². The Morgan fingerprint density at radius 2 is 2.08 bits per heavy atom. The molecule has 0 aliphatic rings. The maximum absolute atomic E-state index is 11.9. The Kier molecular flexibility index (Phi) is 3.46. The zero-order chi connectivity index (χ0) is 10.0. The molecule has 72 valence electrons. The van der Waals surface area contributed by atoms with Gasteiger partial charge in [0.05, 0.1) is 6.54 Å². The number of hydrogen-bond donors (Lipinski definition) is 2. The standard InChI is InChI=1S/C6H7BBrF2NO2/c8-5-2-11(3-6(9)10)1-4(5)7(12)13/h1-2,6,12-13H,3H2. The summed E-state index contributed by atoms with van der Waals surface area (Å²) < 4.78 is 25.4. The number of nitrogens with zero attached hydrogens (tertiary/aromatic N) is 1. The highest BCUT2D eigenvalue weighted by atomic mass is 79.9. The van der Waals surface area contributed by atoms with Crippen LogP contribution >= 0.6 is 15.9 Å². The van der Waals surface area contributed by atoms with Crippen molar-refractivity contribution in [1.82, 2.24) is 4.57 Å². The van der Waals surface area contributed by atoms with Gasteiger partial charge < -0.3 is 14.6 Å². The quantitative estimate of drug-likeness (QED) is 0.756. The van der Waals surface area contributed by atoms with Crippen molar-refractivity contribution in [3.05, 3.63) is 16.9 Å². The van der Waals surface area contributed by atoms with Gasteiger partial charge in [-0.1, -0.05) is 0 Å². The monoisotopic (exact) mass is 253 g/mol. The molecule has 0 bridgehead atoms. The highest BCUT2D eigenvalue weighted by Crippen LogP contribution is 2.09. The van der Waals surface area contributed by atoms with Gasteiger partial charge in [0, 0.05) is 22.3 Å². The summed E-state index contributed by atoms with van der Waals surface area (Å²) in [6.45, 7) is -0.453. The van der Waals surface area contributed by atoms with Crippen LogP contribution in [-0.2, 0) is 6.54 Å². The molecule has 0 spiro atoms. The molecule has 0 unspecified atom stereocenters. The van der Waals surface area contributed by atoms with Gasteiger partial charge in [0.25, 0.3) is 6.43 Å². The van der Waals surface area contributed by atoms with E-state index in [1.165, 1.54) is 17.0 Å². The first-order valence-corrected chi connectivity index (χ1v) is 4.29. The topological polar surface area (TPSA) is 45.4 Å². The second-order valence-electron chi connectivity index (χ2n) is 2.52. The van der Waals surface area contributed by atoms with E-state index < -0.39 is 20.1 Å². The molecule has 0 aromatic carbocycles. The molecular formula is C6H7BBrF2NO2. The van der Waals surface area contributed by atoms with Crippen LogP contribution < -0.4 is 5.46 Å². The average molecular weight is 254 g/mol. The lowest BCUT2D eigenvalue weighted by Gasteiger charge is -1.99. The third-order valence-corrected chi connectivity index (χ3v) is 2.15. The van der Waals surface area contributed by atoms with Gasteiger partial charge in [0.15, 0.2) is 0 Å². The molecule has 0 fully saturated rings. The fraction of sp³-hybridized carbons (Fsp3) is 0.333. The minimum Gasteiger partial charge on any atom is -0.423 e. The summed E-state index contributed by atoms with van der Waals surface area (Å²) in [6, 6.07) is 0. The fourth-order valence-electron chi connectivity index (χ4n) is 0.952. The summed E-state index contributed by atoms with van der Waals surface area (Å²) in [5, 5.41) is 17.6. The summed E-state index contributed by atoms with van der Waals surface area (Å²) >= 11 is 3.02. The van der Waals surface area contributed by atoms with Gasteiger partial charge in [-0.15, -0.1) is 0 Å². The molecule has 0 aliphatic heterocycles. The molecule has 7 heteroatoms. The van der Waals surface area contributed by atoms with E-state index in [1.54, 1.807) is 0 Å². The van der Waals surface area contributed by atoms with Crippen molar-refractivity contribution < 1.29 is 18.8 Å². The highest BCUT2D eigenvalue weighted by molar-refractivity contribution is 9.10. The van der Waals surface area contributed by atoms with Crippen LogP contribution in [-0.4, -0.2) is 28.2 Å². The zero-order valence-electron chi connectivity index (χ0n) is 6.49. The Bertz CT molecular complexity index is 292. The van der Waals surface area contributed by atoms with Crippen LogP contribution in [0, 0.1) is 0 Å². The van der Waals surface area contributed by atoms with Crippen LogP contribution in [0.5, 0.6) is 0 Å². The maximum Gasteiger partial charge on any atom is 0.491 e. The van der Waals surface area contributed by atoms with Crippen molar-refractivity contribution >= 4 is 28.5 Å². The summed E-state index contributed by atoms with van der Waals surface area (Å²) in [5.74, 6) is 0. The Balaban J connectivity index is 2.82. The average Bonchev–Trinajstić information content (AvgIpc) is 2.29. The third kappa shape index (κ3) is 2.79. The van der Waals surface area contributed by atoms with E-state index in [0.29, 0.717) is 4.47 Å². The van der Waals surface area contributed by atoms with E-state index in [4.69, 9.17) is 10.0 Å². The fourth-order valence-corrected chi connectivity index (χ4v) is 1.52. The number of alkyl halides is 2. The van der Waals surface area contributed by atoms with Gasteiger partial charge in [0.1, 0.15) is 0 Å². The largest absolute Gasteiger partial charge is 0.491 e. The SMILES string of the molecule is OB(O)c1cn(CC(F)F)cc1Br. The number of halogens is 3. The van der Waals surface area contributed by atoms with Crippen LogP contribution in [0.3, 0.4) is 0 Å². The lowest BCUT2D eigenvalue weighted by atomic mass is 9.83. The molecule has 2 N–H and O–H groups in total. The Hall–Kier alpha value is -0.395. The van der Waals surface area contributed by atoms with Gasteiger partial charge in [-0.3, -0.25) is 0 Å². The van der Waals surface area contributed by atoms with Crippen LogP contribution in [0.25, 0.3) is 0 Å². The van der Waals surface area contributed by atoms with Gasteiger partial charge in [-0.25, -0.2) is 8.78 Å². The lowest BCUT2D eigenvalue weighted by Crippen LogP contribution is -2.29. The van der Waals surface area contributed by atoms with Crippen LogP contribution in [0.15, 0.2) is 16.9 Å². The molecule has 0 radical (unpaired) electrons. The van der Waals surface area contributed by atoms with Crippen molar-refractivity contribution in [1.29, 1.82) is 0 Å². The van der Waals surface area contributed by atoms with Crippen molar-refractivity contribution in [3.8, 4) is 0 Å². The third-order valence-electron chi connectivity index (χ3n) is 1.49. The Morgan fingerprint density at radius 1 is 1.46 bits per heavy atom. The van der Waals surface area contributed by atoms with E-state index in [9.17, 15) is 8.78 Å². The van der Waals surface area contributed by atoms with E-state index in [-0.39, 0.29) is 5.46 Å². The van der Waals surface area contributed by atoms with E-state index in [0.717, 1.165) is 0 Å². The summed E-state index contributed by atoms with van der Waals surface area (Å²) in [6.07, 6.45) is 0.185. The molecule has 0 atom stereocenters. The number of aromatic nitrogens is 1. The predicted octanol–water partition coefficient (Wildman–Crippen LogP) is 0.195. The van der Waals surface area contributed by atoms with E-state index in [1.807, 2.05) is 0 Å². The molecule has 13 heavy (non-hydrogen) atoms. The predicted molar refractivity (Wildman–Crippen MR) is 48.0 cm³/mol. The minimum atomic E-state index is -2.46. The molecule has 3 nitrogen and oxygen atoms in total. The van der Waals surface area contributed by atoms with Crippen molar-refractivity contribution in [2.75, 3.05) is 0 Å². The van der Waals surface area contributed by atoms with E-state index >= 15 is 0 Å². The summed E-state index contributed by atoms with van der Waals surface area (Å²) in [7, 11) is -1.65. The highest BCUT2D eigenvalue weighted by Gasteiger charge is 2.17. The summed E-state index contributed by atoms with van der Waals surface area (Å²) in [4.78, 5) is 0. The second kappa shape index (κ2) is 4.21. The van der Waals surface area contributed by atoms with Crippen molar-refractivity contribution in [2.45, 2.75) is 13.0 Å². The molecule has 1 aromatic rings. The Morgan fingerprint density at radius 3 is 2.46 bits per heavy atom. The lowest BCUT2D eigenvalue weighted by molar-refractivity contribution is 0.127. The van der Waals surface area contributed by atoms with Crippen LogP contribution in [0.4, 0.5) is 8.78 Å². The molecule has 0 amide bonds. The van der Waals surface area contributed by atoms with Gasteiger partial charge in [0.2, 0.25) is 0 Å². The zero-order valence-corrected chi connectivity index (χ0v) is 8.08. The first-order valence-electron chi connectivity index (χ1n) is 3.50.